The van der Waals surface area contributed by atoms with Crippen LogP contribution in [0, 0.1) is 13.8 Å². The number of hydrogen-bond acceptors (Lipinski definition) is 4. The molecular weight excluding hydrogens is 402 g/mol. The largest absolute Gasteiger partial charge is 0.497 e. The first-order valence-corrected chi connectivity index (χ1v) is 9.96. The first kappa shape index (κ1) is 20.2. The summed E-state index contributed by atoms with van der Waals surface area (Å²) in [5, 5.41) is 4.02. The molecule has 3 aromatic rings. The summed E-state index contributed by atoms with van der Waals surface area (Å²) in [7, 11) is 1.57. The van der Waals surface area contributed by atoms with Gasteiger partial charge in [0.05, 0.1) is 19.2 Å². The molecular formula is C23H22ClN3O3. The third-order valence-corrected chi connectivity index (χ3v) is 6.14. The van der Waals surface area contributed by atoms with Crippen molar-refractivity contribution in [2.45, 2.75) is 32.9 Å². The van der Waals surface area contributed by atoms with Gasteiger partial charge in [0, 0.05) is 10.9 Å². The van der Waals surface area contributed by atoms with Crippen molar-refractivity contribution in [1.29, 1.82) is 0 Å². The maximum atomic E-state index is 13.2. The van der Waals surface area contributed by atoms with E-state index in [1.807, 2.05) is 32.0 Å². The van der Waals surface area contributed by atoms with Gasteiger partial charge in [0.2, 0.25) is 0 Å². The van der Waals surface area contributed by atoms with Gasteiger partial charge < -0.3 is 10.1 Å². The number of methoxy groups -OCH3 is 1. The van der Waals surface area contributed by atoms with Gasteiger partial charge in [-0.05, 0) is 55.7 Å². The Labute approximate surface area is 179 Å². The number of ether oxygens (including phenoxy) is 1. The zero-order valence-corrected chi connectivity index (χ0v) is 18.0. The van der Waals surface area contributed by atoms with Crippen molar-refractivity contribution in [1.82, 2.24) is 15.2 Å². The summed E-state index contributed by atoms with van der Waals surface area (Å²) in [4.78, 5) is 31.6. The van der Waals surface area contributed by atoms with Crippen LogP contribution in [0.1, 0.15) is 29.2 Å². The van der Waals surface area contributed by atoms with Gasteiger partial charge in [0.1, 0.15) is 16.4 Å². The molecule has 4 rings (SSSR count). The van der Waals surface area contributed by atoms with E-state index in [9.17, 15) is 9.59 Å². The summed E-state index contributed by atoms with van der Waals surface area (Å²) in [6.07, 6.45) is 0. The summed E-state index contributed by atoms with van der Waals surface area (Å²) in [5.41, 5.74) is 3.15. The maximum absolute atomic E-state index is 13.2. The molecule has 2 aromatic carbocycles. The molecule has 1 aliphatic rings. The number of carbonyl (C=O) groups is 2. The Hall–Kier alpha value is -3.12. The SMILES string of the molecule is COc1ccc(C2(C)NC(=O)N(Cc3cc4ccc(C)c(C)c4nc3Cl)C2=O)cc1. The van der Waals surface area contributed by atoms with E-state index >= 15 is 0 Å². The number of amides is 3. The lowest BCUT2D eigenvalue weighted by atomic mass is 9.92. The van der Waals surface area contributed by atoms with Gasteiger partial charge in [0.15, 0.2) is 0 Å². The average Bonchev–Trinajstić information content (AvgIpc) is 2.96. The normalized spacial score (nSPS) is 18.8. The monoisotopic (exact) mass is 423 g/mol. The smallest absolute Gasteiger partial charge is 0.325 e. The molecule has 1 unspecified atom stereocenters. The highest BCUT2D eigenvalue weighted by Gasteiger charge is 2.49. The van der Waals surface area contributed by atoms with Crippen molar-refractivity contribution in [3.8, 4) is 5.75 Å². The van der Waals surface area contributed by atoms with Crippen molar-refractivity contribution in [2.75, 3.05) is 7.11 Å². The summed E-state index contributed by atoms with van der Waals surface area (Å²) in [6.45, 7) is 5.76. The average molecular weight is 424 g/mol. The van der Waals surface area contributed by atoms with Crippen LogP contribution >= 0.6 is 11.6 Å². The van der Waals surface area contributed by atoms with Crippen molar-refractivity contribution in [3.05, 3.63) is 69.9 Å². The van der Waals surface area contributed by atoms with E-state index < -0.39 is 11.6 Å². The van der Waals surface area contributed by atoms with Gasteiger partial charge in [-0.1, -0.05) is 35.9 Å². The van der Waals surface area contributed by atoms with Crippen LogP contribution in [0.15, 0.2) is 42.5 Å². The zero-order valence-electron chi connectivity index (χ0n) is 17.2. The predicted molar refractivity (Wildman–Crippen MR) is 116 cm³/mol. The van der Waals surface area contributed by atoms with Crippen LogP contribution in [0.2, 0.25) is 5.15 Å². The second-order valence-corrected chi connectivity index (χ2v) is 8.05. The number of rotatable bonds is 4. The van der Waals surface area contributed by atoms with Crippen molar-refractivity contribution in [3.63, 3.8) is 0 Å². The standard InChI is InChI=1S/C23H22ClN3O3/c1-13-5-6-15-11-16(20(24)25-19(15)14(13)2)12-27-21(28)23(3,26-22(27)29)17-7-9-18(30-4)10-8-17/h5-11H,12H2,1-4H3,(H,26,29). The van der Waals surface area contributed by atoms with E-state index in [0.717, 1.165) is 22.0 Å². The summed E-state index contributed by atoms with van der Waals surface area (Å²) >= 11 is 6.43. The summed E-state index contributed by atoms with van der Waals surface area (Å²) in [6, 6.07) is 12.5. The minimum Gasteiger partial charge on any atom is -0.497 e. The van der Waals surface area contributed by atoms with E-state index in [2.05, 4.69) is 10.3 Å². The molecule has 6 nitrogen and oxygen atoms in total. The molecule has 1 aliphatic heterocycles. The van der Waals surface area contributed by atoms with E-state index in [4.69, 9.17) is 16.3 Å². The quantitative estimate of drug-likeness (QED) is 0.496. The lowest BCUT2D eigenvalue weighted by Crippen LogP contribution is -2.40. The number of aromatic nitrogens is 1. The third kappa shape index (κ3) is 3.17. The van der Waals surface area contributed by atoms with Crippen LogP contribution in [0.5, 0.6) is 5.75 Å². The first-order chi connectivity index (χ1) is 14.2. The molecule has 2 heterocycles. The molecule has 0 bridgehead atoms. The van der Waals surface area contributed by atoms with Crippen molar-refractivity contribution < 1.29 is 14.3 Å². The van der Waals surface area contributed by atoms with Gasteiger partial charge in [-0.2, -0.15) is 0 Å². The van der Waals surface area contributed by atoms with Crippen LogP contribution in [-0.2, 0) is 16.9 Å². The first-order valence-electron chi connectivity index (χ1n) is 9.58. The van der Waals surface area contributed by atoms with E-state index in [1.54, 1.807) is 38.3 Å². The molecule has 0 aliphatic carbocycles. The number of pyridine rings is 1. The topological polar surface area (TPSA) is 71.5 Å². The number of imide groups is 1. The van der Waals surface area contributed by atoms with Gasteiger partial charge in [-0.3, -0.25) is 9.69 Å². The molecule has 1 atom stereocenters. The highest BCUT2D eigenvalue weighted by Crippen LogP contribution is 2.32. The fraction of sp³-hybridized carbons (Fsp3) is 0.261. The Morgan fingerprint density at radius 1 is 1.13 bits per heavy atom. The number of benzene rings is 2. The van der Waals surface area contributed by atoms with Gasteiger partial charge in [-0.15, -0.1) is 0 Å². The summed E-state index contributed by atoms with van der Waals surface area (Å²) in [5.74, 6) is 0.337. The van der Waals surface area contributed by atoms with E-state index in [1.165, 1.54) is 4.90 Å². The molecule has 1 fully saturated rings. The number of fused-ring (bicyclic) bond motifs is 1. The number of halogens is 1. The number of urea groups is 1. The molecule has 0 spiro atoms. The van der Waals surface area contributed by atoms with Crippen LogP contribution in [0.25, 0.3) is 10.9 Å². The lowest BCUT2D eigenvalue weighted by Gasteiger charge is -2.22. The number of hydrogen-bond donors (Lipinski definition) is 1. The Kier molecular flexibility index (Phi) is 4.90. The van der Waals surface area contributed by atoms with E-state index in [-0.39, 0.29) is 17.6 Å². The molecule has 1 saturated heterocycles. The second-order valence-electron chi connectivity index (χ2n) is 7.69. The Morgan fingerprint density at radius 3 is 2.50 bits per heavy atom. The highest BCUT2D eigenvalue weighted by atomic mass is 35.5. The highest BCUT2D eigenvalue weighted by molar-refractivity contribution is 6.30. The van der Waals surface area contributed by atoms with E-state index in [0.29, 0.717) is 16.9 Å². The fourth-order valence-corrected chi connectivity index (χ4v) is 3.94. The van der Waals surface area contributed by atoms with Crippen molar-refractivity contribution >= 4 is 34.4 Å². The van der Waals surface area contributed by atoms with Crippen LogP contribution in [0.3, 0.4) is 0 Å². The Bertz CT molecular complexity index is 1180. The molecule has 30 heavy (non-hydrogen) atoms. The Morgan fingerprint density at radius 2 is 1.83 bits per heavy atom. The Balaban J connectivity index is 1.66. The van der Waals surface area contributed by atoms with Gasteiger partial charge in [0.25, 0.3) is 5.91 Å². The van der Waals surface area contributed by atoms with Crippen molar-refractivity contribution in [2.24, 2.45) is 0 Å². The molecule has 7 heteroatoms. The predicted octanol–water partition coefficient (Wildman–Crippen LogP) is 4.48. The molecule has 0 radical (unpaired) electrons. The molecule has 0 saturated carbocycles. The third-order valence-electron chi connectivity index (χ3n) is 5.81. The summed E-state index contributed by atoms with van der Waals surface area (Å²) < 4.78 is 5.17. The van der Waals surface area contributed by atoms with Gasteiger partial charge >= 0.3 is 6.03 Å². The number of aryl methyl sites for hydroxylation is 2. The molecule has 3 amide bonds. The fourth-order valence-electron chi connectivity index (χ4n) is 3.75. The number of carbonyl (C=O) groups excluding carboxylic acids is 2. The minimum absolute atomic E-state index is 0.0467. The molecule has 1 aromatic heterocycles. The number of nitrogens with zero attached hydrogens (tertiary/aromatic N) is 2. The van der Waals surface area contributed by atoms with Crippen LogP contribution in [0.4, 0.5) is 4.79 Å². The molecule has 154 valence electrons. The van der Waals surface area contributed by atoms with Crippen LogP contribution in [-0.4, -0.2) is 28.9 Å². The molecule has 1 N–H and O–H groups in total. The number of nitrogens with one attached hydrogen (secondary N) is 1. The van der Waals surface area contributed by atoms with Gasteiger partial charge in [-0.25, -0.2) is 9.78 Å². The lowest BCUT2D eigenvalue weighted by molar-refractivity contribution is -0.131. The maximum Gasteiger partial charge on any atom is 0.325 e. The zero-order chi connectivity index (χ0) is 21.6. The second kappa shape index (κ2) is 7.29. The van der Waals surface area contributed by atoms with Crippen LogP contribution < -0.4 is 10.1 Å². The minimum atomic E-state index is -1.16.